The molecule has 4 rings (SSSR count). The smallest absolute Gasteiger partial charge is 0.223 e. The fraction of sp³-hybridized carbons (Fsp3) is 0.556. The zero-order valence-electron chi connectivity index (χ0n) is 13.8. The highest BCUT2D eigenvalue weighted by molar-refractivity contribution is 5.79. The van der Waals surface area contributed by atoms with Gasteiger partial charge in [0.1, 0.15) is 6.33 Å². The third-order valence-electron chi connectivity index (χ3n) is 5.37. The van der Waals surface area contributed by atoms with Crippen molar-refractivity contribution >= 4 is 5.91 Å². The zero-order valence-corrected chi connectivity index (χ0v) is 13.8. The first-order valence-corrected chi connectivity index (χ1v) is 8.90. The molecule has 0 unspecified atom stereocenters. The Kier molecular flexibility index (Phi) is 4.28. The quantitative estimate of drug-likeness (QED) is 0.938. The summed E-state index contributed by atoms with van der Waals surface area (Å²) in [6, 6.07) is 2.65. The molecule has 2 aromatic rings. The largest absolute Gasteiger partial charge is 0.353 e. The Morgan fingerprint density at radius 2 is 2.00 bits per heavy atom. The monoisotopic (exact) mass is 325 g/mol. The molecule has 1 N–H and O–H groups in total. The van der Waals surface area contributed by atoms with Gasteiger partial charge in [-0.1, -0.05) is 6.42 Å². The van der Waals surface area contributed by atoms with E-state index in [1.165, 1.54) is 6.42 Å². The van der Waals surface area contributed by atoms with Gasteiger partial charge in [-0.2, -0.15) is 5.10 Å². The first-order chi connectivity index (χ1) is 11.8. The van der Waals surface area contributed by atoms with Crippen LogP contribution in [0.2, 0.25) is 0 Å². The van der Waals surface area contributed by atoms with Gasteiger partial charge in [-0.15, -0.1) is 0 Å². The van der Waals surface area contributed by atoms with Gasteiger partial charge in [0.2, 0.25) is 5.91 Å². The van der Waals surface area contributed by atoms with Crippen LogP contribution < -0.4 is 5.32 Å². The molecular formula is C18H23N5O. The van der Waals surface area contributed by atoms with E-state index in [-0.39, 0.29) is 11.8 Å². The summed E-state index contributed by atoms with van der Waals surface area (Å²) in [4.78, 5) is 20.3. The van der Waals surface area contributed by atoms with Gasteiger partial charge in [-0.05, 0) is 44.6 Å². The number of rotatable bonds is 4. The van der Waals surface area contributed by atoms with E-state index in [9.17, 15) is 4.79 Å². The molecule has 0 aromatic carbocycles. The van der Waals surface area contributed by atoms with Crippen molar-refractivity contribution in [3.05, 3.63) is 31.0 Å². The molecule has 6 heteroatoms. The number of aromatic nitrogens is 4. The van der Waals surface area contributed by atoms with E-state index in [0.717, 1.165) is 49.8 Å². The first kappa shape index (κ1) is 15.3. The average Bonchev–Trinajstić information content (AvgIpc) is 3.05. The molecule has 1 amide bonds. The zero-order chi connectivity index (χ0) is 16.4. The number of carbonyl (C=O) groups is 1. The van der Waals surface area contributed by atoms with Crippen molar-refractivity contribution in [2.45, 2.75) is 57.0 Å². The Labute approximate surface area is 141 Å². The highest BCUT2D eigenvalue weighted by Gasteiger charge is 2.29. The van der Waals surface area contributed by atoms with Crippen LogP contribution in [0.5, 0.6) is 0 Å². The number of hydrogen-bond acceptors (Lipinski definition) is 4. The van der Waals surface area contributed by atoms with E-state index in [4.69, 9.17) is 0 Å². The molecular weight excluding hydrogens is 302 g/mol. The summed E-state index contributed by atoms with van der Waals surface area (Å²) in [5.41, 5.74) is 1.93. The van der Waals surface area contributed by atoms with E-state index in [1.54, 1.807) is 12.5 Å². The van der Waals surface area contributed by atoms with Gasteiger partial charge in [0.15, 0.2) is 0 Å². The maximum atomic E-state index is 12.1. The Morgan fingerprint density at radius 1 is 1.17 bits per heavy atom. The number of hydrogen-bond donors (Lipinski definition) is 1. The molecule has 2 aliphatic carbocycles. The lowest BCUT2D eigenvalue weighted by Crippen LogP contribution is -2.42. The third-order valence-corrected chi connectivity index (χ3v) is 5.37. The van der Waals surface area contributed by atoms with Gasteiger partial charge in [0.25, 0.3) is 0 Å². The third kappa shape index (κ3) is 3.18. The second-order valence-corrected chi connectivity index (χ2v) is 6.95. The molecule has 0 radical (unpaired) electrons. The lowest BCUT2D eigenvalue weighted by Gasteiger charge is -2.32. The summed E-state index contributed by atoms with van der Waals surface area (Å²) in [7, 11) is 0. The summed E-state index contributed by atoms with van der Waals surface area (Å²) < 4.78 is 2.06. The van der Waals surface area contributed by atoms with Crippen LogP contribution in [0.4, 0.5) is 0 Å². The molecule has 24 heavy (non-hydrogen) atoms. The maximum Gasteiger partial charge on any atom is 0.223 e. The van der Waals surface area contributed by atoms with Crippen molar-refractivity contribution in [1.29, 1.82) is 0 Å². The Bertz CT molecular complexity index is 686. The first-order valence-electron chi connectivity index (χ1n) is 8.90. The molecule has 0 aliphatic heterocycles. The van der Waals surface area contributed by atoms with E-state index in [2.05, 4.69) is 31.3 Å². The van der Waals surface area contributed by atoms with Crippen molar-refractivity contribution < 1.29 is 4.79 Å². The molecule has 2 aliphatic rings. The predicted molar refractivity (Wildman–Crippen MR) is 90.0 cm³/mol. The predicted octanol–water partition coefficient (Wildman–Crippen LogP) is 2.74. The summed E-state index contributed by atoms with van der Waals surface area (Å²) >= 11 is 0. The molecule has 6 nitrogen and oxygen atoms in total. The Hall–Kier alpha value is -2.24. The van der Waals surface area contributed by atoms with Gasteiger partial charge in [-0.25, -0.2) is 9.97 Å². The van der Waals surface area contributed by atoms with E-state index in [1.807, 2.05) is 12.3 Å². The van der Waals surface area contributed by atoms with Crippen molar-refractivity contribution in [1.82, 2.24) is 25.1 Å². The Morgan fingerprint density at radius 3 is 2.67 bits per heavy atom. The van der Waals surface area contributed by atoms with Crippen LogP contribution in [0.25, 0.3) is 11.3 Å². The lowest BCUT2D eigenvalue weighted by molar-refractivity contribution is -0.128. The fourth-order valence-electron chi connectivity index (χ4n) is 3.61. The minimum absolute atomic E-state index is 0.273. The lowest BCUT2D eigenvalue weighted by atomic mass is 9.84. The van der Waals surface area contributed by atoms with Crippen LogP contribution in [-0.4, -0.2) is 31.7 Å². The molecule has 126 valence electrons. The number of carbonyl (C=O) groups excluding carboxylic acids is 1. The molecule has 2 heterocycles. The van der Waals surface area contributed by atoms with Crippen LogP contribution in [-0.2, 0) is 4.79 Å². The van der Waals surface area contributed by atoms with Crippen molar-refractivity contribution in [3.8, 4) is 11.3 Å². The van der Waals surface area contributed by atoms with E-state index >= 15 is 0 Å². The van der Waals surface area contributed by atoms with Crippen LogP contribution in [0, 0.1) is 5.92 Å². The van der Waals surface area contributed by atoms with Crippen LogP contribution in [0.1, 0.15) is 51.0 Å². The molecule has 2 saturated carbocycles. The van der Waals surface area contributed by atoms with E-state index < -0.39 is 0 Å². The number of nitrogens with one attached hydrogen (secondary N) is 1. The van der Waals surface area contributed by atoms with Gasteiger partial charge in [0.05, 0.1) is 17.9 Å². The number of nitrogens with zero attached hydrogens (tertiary/aromatic N) is 4. The minimum atomic E-state index is 0.273. The highest BCUT2D eigenvalue weighted by Crippen LogP contribution is 2.31. The molecule has 2 aromatic heterocycles. The molecule has 2 fully saturated rings. The fourth-order valence-corrected chi connectivity index (χ4v) is 3.61. The van der Waals surface area contributed by atoms with Gasteiger partial charge in [-0.3, -0.25) is 9.48 Å². The highest BCUT2D eigenvalue weighted by atomic mass is 16.2. The molecule has 0 atom stereocenters. The number of amides is 1. The SMILES string of the molecule is O=C(NC1CCC(n2cc(-c3ccncn3)cn2)CC1)C1CCC1. The van der Waals surface area contributed by atoms with Gasteiger partial charge >= 0.3 is 0 Å². The van der Waals surface area contributed by atoms with Crippen molar-refractivity contribution in [3.63, 3.8) is 0 Å². The summed E-state index contributed by atoms with van der Waals surface area (Å²) in [5, 5.41) is 7.76. The van der Waals surface area contributed by atoms with E-state index in [0.29, 0.717) is 12.1 Å². The summed E-state index contributed by atoms with van der Waals surface area (Å²) in [6.07, 6.45) is 14.8. The van der Waals surface area contributed by atoms with Crippen LogP contribution >= 0.6 is 0 Å². The minimum Gasteiger partial charge on any atom is -0.353 e. The van der Waals surface area contributed by atoms with Crippen molar-refractivity contribution in [2.24, 2.45) is 5.92 Å². The van der Waals surface area contributed by atoms with Gasteiger partial charge < -0.3 is 5.32 Å². The van der Waals surface area contributed by atoms with Gasteiger partial charge in [0, 0.05) is 29.9 Å². The normalized spacial score (nSPS) is 24.3. The molecule has 0 spiro atoms. The topological polar surface area (TPSA) is 72.7 Å². The average molecular weight is 325 g/mol. The molecule has 0 saturated heterocycles. The van der Waals surface area contributed by atoms with Crippen LogP contribution in [0.3, 0.4) is 0 Å². The summed E-state index contributed by atoms with van der Waals surface area (Å²) in [6.45, 7) is 0. The van der Waals surface area contributed by atoms with Crippen molar-refractivity contribution in [2.75, 3.05) is 0 Å². The standard InChI is InChI=1S/C18H23N5O/c24-18(13-2-1-3-13)22-15-4-6-16(7-5-15)23-11-14(10-21-23)17-8-9-19-12-20-17/h8-13,15-16H,1-7H2,(H,22,24). The summed E-state index contributed by atoms with van der Waals surface area (Å²) in [5.74, 6) is 0.555. The second kappa shape index (κ2) is 6.71. The van der Waals surface area contributed by atoms with Crippen LogP contribution in [0.15, 0.2) is 31.0 Å². The Balaban J connectivity index is 1.33. The maximum absolute atomic E-state index is 12.1. The molecule has 0 bridgehead atoms. The second-order valence-electron chi connectivity index (χ2n) is 6.95.